The van der Waals surface area contributed by atoms with Gasteiger partial charge in [0.1, 0.15) is 0 Å². The van der Waals surface area contributed by atoms with Gasteiger partial charge < -0.3 is 5.32 Å². The lowest BCUT2D eigenvalue weighted by atomic mass is 9.95. The van der Waals surface area contributed by atoms with Gasteiger partial charge in [0.15, 0.2) is 0 Å². The molecule has 0 aliphatic rings. The molecule has 0 saturated carbocycles. The van der Waals surface area contributed by atoms with Crippen LogP contribution in [0.3, 0.4) is 0 Å². The van der Waals surface area contributed by atoms with Crippen LogP contribution in [0.4, 0.5) is 0 Å². The van der Waals surface area contributed by atoms with Crippen molar-refractivity contribution in [1.82, 2.24) is 5.32 Å². The van der Waals surface area contributed by atoms with Crippen molar-refractivity contribution in [1.29, 1.82) is 0 Å². The molecule has 0 aliphatic heterocycles. The lowest BCUT2D eigenvalue weighted by Crippen LogP contribution is -2.33. The second-order valence-corrected chi connectivity index (χ2v) is 5.94. The van der Waals surface area contributed by atoms with Crippen LogP contribution >= 0.6 is 0 Å². The van der Waals surface area contributed by atoms with Crippen molar-refractivity contribution in [3.05, 3.63) is 48.0 Å². The monoisotopic (exact) mass is 269 g/mol. The van der Waals surface area contributed by atoms with Crippen molar-refractivity contribution in [2.24, 2.45) is 5.92 Å². The number of fused-ring (bicyclic) bond motifs is 1. The van der Waals surface area contributed by atoms with E-state index in [-0.39, 0.29) is 0 Å². The Morgan fingerprint density at radius 3 is 2.50 bits per heavy atom. The average Bonchev–Trinajstić information content (AvgIpc) is 2.46. The quantitative estimate of drug-likeness (QED) is 0.761. The molecule has 2 aromatic rings. The van der Waals surface area contributed by atoms with Crippen molar-refractivity contribution in [2.75, 3.05) is 6.54 Å². The van der Waals surface area contributed by atoms with Gasteiger partial charge in [0, 0.05) is 6.04 Å². The minimum atomic E-state index is 0.648. The summed E-state index contributed by atoms with van der Waals surface area (Å²) in [5, 5.41) is 6.38. The van der Waals surface area contributed by atoms with Crippen LogP contribution in [0.5, 0.6) is 0 Å². The third-order valence-corrected chi connectivity index (χ3v) is 4.11. The maximum atomic E-state index is 3.61. The van der Waals surface area contributed by atoms with Crippen LogP contribution in [-0.2, 0) is 6.42 Å². The van der Waals surface area contributed by atoms with Gasteiger partial charge in [-0.1, -0.05) is 63.2 Å². The highest BCUT2D eigenvalue weighted by Gasteiger charge is 2.11. The lowest BCUT2D eigenvalue weighted by Gasteiger charge is -2.21. The van der Waals surface area contributed by atoms with E-state index in [9.17, 15) is 0 Å². The molecule has 1 atom stereocenters. The van der Waals surface area contributed by atoms with Gasteiger partial charge in [-0.3, -0.25) is 0 Å². The van der Waals surface area contributed by atoms with E-state index >= 15 is 0 Å². The smallest absolute Gasteiger partial charge is 0.00900 e. The normalized spacial score (nSPS) is 13.0. The van der Waals surface area contributed by atoms with Crippen molar-refractivity contribution in [3.63, 3.8) is 0 Å². The summed E-state index contributed by atoms with van der Waals surface area (Å²) in [4.78, 5) is 0. The van der Waals surface area contributed by atoms with E-state index in [0.29, 0.717) is 12.0 Å². The molecule has 2 rings (SSSR count). The Labute approximate surface area is 123 Å². The van der Waals surface area contributed by atoms with Gasteiger partial charge in [0.25, 0.3) is 0 Å². The average molecular weight is 269 g/mol. The summed E-state index contributed by atoms with van der Waals surface area (Å²) in [5.41, 5.74) is 1.49. The van der Waals surface area contributed by atoms with E-state index in [1.165, 1.54) is 35.6 Å². The zero-order valence-electron chi connectivity index (χ0n) is 13.0. The van der Waals surface area contributed by atoms with Crippen LogP contribution in [0, 0.1) is 5.92 Å². The zero-order chi connectivity index (χ0) is 14.4. The molecule has 20 heavy (non-hydrogen) atoms. The summed E-state index contributed by atoms with van der Waals surface area (Å²) in [7, 11) is 0. The SMILES string of the molecule is CCNC(CCCc1cccc2ccccc12)C(C)C. The Kier molecular flexibility index (Phi) is 5.60. The van der Waals surface area contributed by atoms with Crippen LogP contribution in [0.15, 0.2) is 42.5 Å². The van der Waals surface area contributed by atoms with Gasteiger partial charge in [-0.05, 0) is 48.1 Å². The first-order valence-electron chi connectivity index (χ1n) is 7.92. The van der Waals surface area contributed by atoms with Crippen LogP contribution in [0.2, 0.25) is 0 Å². The molecule has 0 fully saturated rings. The molecule has 0 heterocycles. The first kappa shape index (κ1) is 15.1. The molecule has 108 valence electrons. The molecule has 2 aromatic carbocycles. The Balaban J connectivity index is 1.99. The van der Waals surface area contributed by atoms with E-state index in [1.807, 2.05) is 0 Å². The van der Waals surface area contributed by atoms with Crippen LogP contribution in [0.1, 0.15) is 39.2 Å². The van der Waals surface area contributed by atoms with E-state index in [4.69, 9.17) is 0 Å². The van der Waals surface area contributed by atoms with Gasteiger partial charge in [-0.25, -0.2) is 0 Å². The highest BCUT2D eigenvalue weighted by atomic mass is 14.9. The highest BCUT2D eigenvalue weighted by Crippen LogP contribution is 2.21. The van der Waals surface area contributed by atoms with Gasteiger partial charge >= 0.3 is 0 Å². The molecular formula is C19H27N. The number of rotatable bonds is 7. The Bertz CT molecular complexity index is 525. The van der Waals surface area contributed by atoms with E-state index < -0.39 is 0 Å². The molecule has 0 amide bonds. The molecule has 1 N–H and O–H groups in total. The van der Waals surface area contributed by atoms with Crippen LogP contribution in [-0.4, -0.2) is 12.6 Å². The molecule has 1 nitrogen and oxygen atoms in total. The molecule has 0 saturated heterocycles. The highest BCUT2D eigenvalue weighted by molar-refractivity contribution is 5.85. The largest absolute Gasteiger partial charge is 0.314 e. The molecule has 1 heteroatoms. The zero-order valence-corrected chi connectivity index (χ0v) is 13.0. The van der Waals surface area contributed by atoms with Gasteiger partial charge in [-0.2, -0.15) is 0 Å². The summed E-state index contributed by atoms with van der Waals surface area (Å²) in [5.74, 6) is 0.711. The van der Waals surface area contributed by atoms with Crippen LogP contribution < -0.4 is 5.32 Å². The van der Waals surface area contributed by atoms with Gasteiger partial charge in [0.2, 0.25) is 0 Å². The third kappa shape index (κ3) is 3.83. The maximum absolute atomic E-state index is 3.61. The molecule has 0 spiro atoms. The number of aryl methyl sites for hydroxylation is 1. The number of hydrogen-bond donors (Lipinski definition) is 1. The number of benzene rings is 2. The van der Waals surface area contributed by atoms with Gasteiger partial charge in [0.05, 0.1) is 0 Å². The summed E-state index contributed by atoms with van der Waals surface area (Å²) in [6, 6.07) is 16.0. The van der Waals surface area contributed by atoms with E-state index in [2.05, 4.69) is 68.6 Å². The fraction of sp³-hybridized carbons (Fsp3) is 0.474. The van der Waals surface area contributed by atoms with E-state index in [0.717, 1.165) is 6.54 Å². The molecular weight excluding hydrogens is 242 g/mol. The second-order valence-electron chi connectivity index (χ2n) is 5.94. The molecule has 0 aromatic heterocycles. The Morgan fingerprint density at radius 2 is 1.75 bits per heavy atom. The van der Waals surface area contributed by atoms with Crippen molar-refractivity contribution in [3.8, 4) is 0 Å². The molecule has 0 aliphatic carbocycles. The number of nitrogens with one attached hydrogen (secondary N) is 1. The minimum absolute atomic E-state index is 0.648. The molecule has 0 bridgehead atoms. The van der Waals surface area contributed by atoms with Crippen LogP contribution in [0.25, 0.3) is 10.8 Å². The predicted molar refractivity (Wildman–Crippen MR) is 89.2 cm³/mol. The lowest BCUT2D eigenvalue weighted by molar-refractivity contribution is 0.377. The maximum Gasteiger partial charge on any atom is 0.00900 e. The fourth-order valence-corrected chi connectivity index (χ4v) is 2.96. The van der Waals surface area contributed by atoms with Crippen molar-refractivity contribution >= 4 is 10.8 Å². The Morgan fingerprint density at radius 1 is 1.00 bits per heavy atom. The predicted octanol–water partition coefficient (Wildman–Crippen LogP) is 4.80. The first-order chi connectivity index (χ1) is 9.72. The molecule has 1 unspecified atom stereocenters. The summed E-state index contributed by atoms with van der Waals surface area (Å²) in [6.07, 6.45) is 3.69. The minimum Gasteiger partial charge on any atom is -0.314 e. The summed E-state index contributed by atoms with van der Waals surface area (Å²) < 4.78 is 0. The summed E-state index contributed by atoms with van der Waals surface area (Å²) >= 11 is 0. The second kappa shape index (κ2) is 7.44. The summed E-state index contributed by atoms with van der Waals surface area (Å²) in [6.45, 7) is 7.88. The standard InChI is InChI=1S/C19H27N/c1-4-20-19(15(2)3)14-8-12-17-11-7-10-16-9-5-6-13-18(16)17/h5-7,9-11,13,15,19-20H,4,8,12,14H2,1-3H3. The fourth-order valence-electron chi connectivity index (χ4n) is 2.96. The third-order valence-electron chi connectivity index (χ3n) is 4.11. The van der Waals surface area contributed by atoms with Crippen molar-refractivity contribution in [2.45, 2.75) is 46.1 Å². The van der Waals surface area contributed by atoms with Crippen molar-refractivity contribution < 1.29 is 0 Å². The first-order valence-corrected chi connectivity index (χ1v) is 7.92. The topological polar surface area (TPSA) is 12.0 Å². The Hall–Kier alpha value is -1.34. The molecule has 0 radical (unpaired) electrons. The van der Waals surface area contributed by atoms with E-state index in [1.54, 1.807) is 0 Å². The number of hydrogen-bond acceptors (Lipinski definition) is 1. The van der Waals surface area contributed by atoms with Gasteiger partial charge in [-0.15, -0.1) is 0 Å².